The molecule has 7 heteroatoms. The first-order valence-electron chi connectivity index (χ1n) is 9.21. The van der Waals surface area contributed by atoms with Crippen LogP contribution in [0.1, 0.15) is 16.1 Å². The molecular weight excluding hydrogens is 365 g/mol. The zero-order chi connectivity index (χ0) is 18.6. The SMILES string of the molecule is O=C(NCC[NH+]1CCOCC1)c1cc2ccsc2n1Cc1cccc(F)c1. The lowest BCUT2D eigenvalue weighted by molar-refractivity contribution is -0.906. The molecule has 0 spiro atoms. The predicted octanol–water partition coefficient (Wildman–Crippen LogP) is 1.54. The second kappa shape index (κ2) is 8.21. The first-order valence-corrected chi connectivity index (χ1v) is 10.1. The normalized spacial score (nSPS) is 15.3. The van der Waals surface area contributed by atoms with Crippen LogP contribution in [0.15, 0.2) is 41.8 Å². The molecule has 0 unspecified atom stereocenters. The highest BCUT2D eigenvalue weighted by molar-refractivity contribution is 7.16. The summed E-state index contributed by atoms with van der Waals surface area (Å²) < 4.78 is 20.9. The van der Waals surface area contributed by atoms with Gasteiger partial charge >= 0.3 is 0 Å². The summed E-state index contributed by atoms with van der Waals surface area (Å²) in [7, 11) is 0. The Morgan fingerprint density at radius 1 is 1.26 bits per heavy atom. The van der Waals surface area contributed by atoms with Gasteiger partial charge in [0.25, 0.3) is 5.91 Å². The van der Waals surface area contributed by atoms with E-state index in [1.54, 1.807) is 17.4 Å². The van der Waals surface area contributed by atoms with Crippen molar-refractivity contribution in [2.24, 2.45) is 0 Å². The minimum atomic E-state index is -0.262. The van der Waals surface area contributed by atoms with E-state index in [4.69, 9.17) is 4.74 Å². The number of fused-ring (bicyclic) bond motifs is 1. The first-order chi connectivity index (χ1) is 13.2. The average Bonchev–Trinajstić information content (AvgIpc) is 3.25. The van der Waals surface area contributed by atoms with Crippen LogP contribution >= 0.6 is 11.3 Å². The maximum atomic E-state index is 13.6. The van der Waals surface area contributed by atoms with Crippen LogP contribution in [0.5, 0.6) is 0 Å². The topological polar surface area (TPSA) is 47.7 Å². The van der Waals surface area contributed by atoms with Crippen LogP contribution < -0.4 is 10.2 Å². The van der Waals surface area contributed by atoms with E-state index >= 15 is 0 Å². The molecule has 142 valence electrons. The van der Waals surface area contributed by atoms with E-state index in [-0.39, 0.29) is 11.7 Å². The molecule has 1 amide bonds. The van der Waals surface area contributed by atoms with Gasteiger partial charge in [-0.05, 0) is 35.2 Å². The number of carbonyl (C=O) groups excluding carboxylic acids is 1. The largest absolute Gasteiger partial charge is 0.370 e. The fourth-order valence-electron chi connectivity index (χ4n) is 3.49. The van der Waals surface area contributed by atoms with Crippen LogP contribution in [0, 0.1) is 5.82 Å². The highest BCUT2D eigenvalue weighted by Crippen LogP contribution is 2.26. The van der Waals surface area contributed by atoms with E-state index < -0.39 is 0 Å². The quantitative estimate of drug-likeness (QED) is 0.673. The number of halogens is 1. The lowest BCUT2D eigenvalue weighted by Gasteiger charge is -2.23. The van der Waals surface area contributed by atoms with Crippen LogP contribution in [-0.2, 0) is 11.3 Å². The zero-order valence-corrected chi connectivity index (χ0v) is 15.9. The molecular formula is C20H23FN3O2S+. The molecule has 1 aliphatic rings. The van der Waals surface area contributed by atoms with Crippen molar-refractivity contribution < 1.29 is 18.8 Å². The standard InChI is InChI=1S/C20H22FN3O2S/c21-17-3-1-2-15(12-17)14-24-18(13-16-4-11-27-20(16)24)19(25)22-5-6-23-7-9-26-10-8-23/h1-4,11-13H,5-10,14H2,(H,22,25)/p+1. The third kappa shape index (κ3) is 4.21. The van der Waals surface area contributed by atoms with Crippen molar-refractivity contribution in [3.8, 4) is 0 Å². The molecule has 2 N–H and O–H groups in total. The second-order valence-electron chi connectivity index (χ2n) is 6.80. The molecule has 1 aliphatic heterocycles. The second-order valence-corrected chi connectivity index (χ2v) is 7.69. The Kier molecular flexibility index (Phi) is 5.52. The molecule has 0 aliphatic carbocycles. The molecule has 27 heavy (non-hydrogen) atoms. The average molecular weight is 388 g/mol. The Labute approximate surface area is 161 Å². The molecule has 3 heterocycles. The Morgan fingerprint density at radius 2 is 2.11 bits per heavy atom. The molecule has 0 atom stereocenters. The van der Waals surface area contributed by atoms with E-state index in [2.05, 4.69) is 5.32 Å². The Hall–Kier alpha value is -2.22. The van der Waals surface area contributed by atoms with Crippen LogP contribution in [0.2, 0.25) is 0 Å². The van der Waals surface area contributed by atoms with Crippen molar-refractivity contribution >= 4 is 27.5 Å². The minimum Gasteiger partial charge on any atom is -0.370 e. The van der Waals surface area contributed by atoms with Gasteiger partial charge in [-0.25, -0.2) is 4.39 Å². The van der Waals surface area contributed by atoms with Gasteiger partial charge in [-0.3, -0.25) is 4.79 Å². The van der Waals surface area contributed by atoms with E-state index in [1.807, 2.05) is 28.1 Å². The molecule has 0 bridgehead atoms. The number of thiophene rings is 1. The first kappa shape index (κ1) is 18.2. The molecule has 3 aromatic rings. The van der Waals surface area contributed by atoms with Gasteiger partial charge in [0.15, 0.2) is 0 Å². The number of quaternary nitrogens is 1. The van der Waals surface area contributed by atoms with Crippen LogP contribution in [-0.4, -0.2) is 49.9 Å². The highest BCUT2D eigenvalue weighted by atomic mass is 32.1. The number of nitrogens with zero attached hydrogens (tertiary/aromatic N) is 1. The monoisotopic (exact) mass is 388 g/mol. The summed E-state index contributed by atoms with van der Waals surface area (Å²) in [6.45, 7) is 5.55. The van der Waals surface area contributed by atoms with Gasteiger partial charge in [-0.15, -0.1) is 11.3 Å². The van der Waals surface area contributed by atoms with Gasteiger partial charge in [0.2, 0.25) is 0 Å². The number of nitrogens with one attached hydrogen (secondary N) is 2. The van der Waals surface area contributed by atoms with Gasteiger partial charge < -0.3 is 19.5 Å². The Bertz CT molecular complexity index is 930. The molecule has 0 radical (unpaired) electrons. The molecule has 2 aromatic heterocycles. The number of hydrogen-bond donors (Lipinski definition) is 2. The third-order valence-corrected chi connectivity index (χ3v) is 5.88. The summed E-state index contributed by atoms with van der Waals surface area (Å²) in [5.74, 6) is -0.343. The third-order valence-electron chi connectivity index (χ3n) is 4.93. The van der Waals surface area contributed by atoms with Crippen molar-refractivity contribution in [1.29, 1.82) is 0 Å². The molecule has 1 fully saturated rings. The molecule has 0 saturated carbocycles. The summed E-state index contributed by atoms with van der Waals surface area (Å²) in [5, 5.41) is 6.10. The number of benzene rings is 1. The van der Waals surface area contributed by atoms with E-state index in [0.29, 0.717) is 18.8 Å². The Balaban J connectivity index is 1.48. The van der Waals surface area contributed by atoms with Gasteiger partial charge in [0.1, 0.15) is 29.4 Å². The number of ether oxygens (including phenoxy) is 1. The van der Waals surface area contributed by atoms with Crippen molar-refractivity contribution in [3.05, 3.63) is 58.9 Å². The summed E-state index contributed by atoms with van der Waals surface area (Å²) in [6.07, 6.45) is 0. The van der Waals surface area contributed by atoms with Gasteiger partial charge in [-0.2, -0.15) is 0 Å². The molecule has 4 rings (SSSR count). The summed E-state index contributed by atoms with van der Waals surface area (Å²) in [6, 6.07) is 10.5. The highest BCUT2D eigenvalue weighted by Gasteiger charge is 2.18. The van der Waals surface area contributed by atoms with Crippen molar-refractivity contribution in [2.45, 2.75) is 6.54 Å². The zero-order valence-electron chi connectivity index (χ0n) is 15.0. The number of amides is 1. The van der Waals surface area contributed by atoms with Crippen molar-refractivity contribution in [3.63, 3.8) is 0 Å². The number of carbonyl (C=O) groups is 1. The molecule has 1 saturated heterocycles. The summed E-state index contributed by atoms with van der Waals surface area (Å²) in [5.41, 5.74) is 1.46. The summed E-state index contributed by atoms with van der Waals surface area (Å²) in [4.78, 5) is 15.3. The van der Waals surface area contributed by atoms with Gasteiger partial charge in [0, 0.05) is 11.9 Å². The fourth-order valence-corrected chi connectivity index (χ4v) is 4.39. The van der Waals surface area contributed by atoms with Crippen molar-refractivity contribution in [1.82, 2.24) is 9.88 Å². The molecule has 1 aromatic carbocycles. The summed E-state index contributed by atoms with van der Waals surface area (Å²) >= 11 is 1.59. The maximum absolute atomic E-state index is 13.6. The van der Waals surface area contributed by atoms with Gasteiger partial charge in [0.05, 0.1) is 26.3 Å². The van der Waals surface area contributed by atoms with Gasteiger partial charge in [-0.1, -0.05) is 12.1 Å². The van der Waals surface area contributed by atoms with E-state index in [0.717, 1.165) is 48.6 Å². The fraction of sp³-hybridized carbons (Fsp3) is 0.350. The lowest BCUT2D eigenvalue weighted by Crippen LogP contribution is -3.14. The predicted molar refractivity (Wildman–Crippen MR) is 104 cm³/mol. The smallest absolute Gasteiger partial charge is 0.268 e. The number of aromatic nitrogens is 1. The molecule has 5 nitrogen and oxygen atoms in total. The van der Waals surface area contributed by atoms with Crippen molar-refractivity contribution in [2.75, 3.05) is 39.4 Å². The lowest BCUT2D eigenvalue weighted by atomic mass is 10.2. The number of hydrogen-bond acceptors (Lipinski definition) is 3. The van der Waals surface area contributed by atoms with Crippen LogP contribution in [0.25, 0.3) is 10.2 Å². The van der Waals surface area contributed by atoms with Crippen LogP contribution in [0.3, 0.4) is 0 Å². The number of morpholine rings is 1. The van der Waals surface area contributed by atoms with E-state index in [1.165, 1.54) is 17.0 Å². The Morgan fingerprint density at radius 3 is 2.93 bits per heavy atom. The minimum absolute atomic E-state index is 0.0811. The van der Waals surface area contributed by atoms with E-state index in [9.17, 15) is 9.18 Å². The maximum Gasteiger partial charge on any atom is 0.268 e. The number of rotatable bonds is 6. The van der Waals surface area contributed by atoms with Crippen LogP contribution in [0.4, 0.5) is 4.39 Å².